The summed E-state index contributed by atoms with van der Waals surface area (Å²) in [4.78, 5) is 12.3. The maximum atomic E-state index is 12.3. The first-order valence-electron chi connectivity index (χ1n) is 7.57. The zero-order valence-corrected chi connectivity index (χ0v) is 14.4. The molecule has 1 N–H and O–H groups in total. The van der Waals surface area contributed by atoms with Crippen molar-refractivity contribution >= 4 is 34.8 Å². The molecule has 0 saturated heterocycles. The number of amides is 1. The van der Waals surface area contributed by atoms with Gasteiger partial charge in [0.25, 0.3) is 5.91 Å². The third kappa shape index (κ3) is 3.16. The lowest BCUT2D eigenvalue weighted by atomic mass is 10.1. The smallest absolute Gasteiger partial charge is 0.266 e. The quantitative estimate of drug-likeness (QED) is 0.740. The number of halogens is 2. The van der Waals surface area contributed by atoms with Crippen molar-refractivity contribution < 1.29 is 4.79 Å². The molecule has 4 rings (SSSR count). The number of rotatable bonds is 2. The minimum absolute atomic E-state index is 0.295. The minimum atomic E-state index is -0.295. The highest BCUT2D eigenvalue weighted by atomic mass is 35.5. The fourth-order valence-electron chi connectivity index (χ4n) is 2.63. The van der Waals surface area contributed by atoms with Crippen LogP contribution in [0.3, 0.4) is 0 Å². The summed E-state index contributed by atoms with van der Waals surface area (Å²) in [6.07, 6.45) is 0. The maximum Gasteiger partial charge on any atom is 0.289 e. The molecule has 0 fully saturated rings. The number of hydrogen-bond acceptors (Lipinski definition) is 3. The first-order chi connectivity index (χ1) is 12.1. The largest absolute Gasteiger partial charge is 0.289 e. The Kier molecular flexibility index (Phi) is 4.03. The van der Waals surface area contributed by atoms with Gasteiger partial charge in [-0.1, -0.05) is 47.5 Å². The van der Waals surface area contributed by atoms with Gasteiger partial charge in [-0.3, -0.25) is 9.48 Å². The fraction of sp³-hybridized carbons (Fsp3) is 0.0556. The Labute approximate surface area is 153 Å². The van der Waals surface area contributed by atoms with Crippen molar-refractivity contribution in [2.75, 3.05) is 0 Å². The number of benzene rings is 2. The predicted molar refractivity (Wildman–Crippen MR) is 98.1 cm³/mol. The van der Waals surface area contributed by atoms with Gasteiger partial charge in [-0.25, -0.2) is 5.43 Å². The molecule has 1 aliphatic rings. The number of aromatic nitrogens is 2. The Hall–Kier alpha value is -2.63. The van der Waals surface area contributed by atoms with Gasteiger partial charge in [0.1, 0.15) is 5.69 Å². The van der Waals surface area contributed by atoms with E-state index in [1.165, 1.54) is 0 Å². The van der Waals surface area contributed by atoms with Crippen LogP contribution in [0.25, 0.3) is 11.3 Å². The molecule has 0 unspecified atom stereocenters. The summed E-state index contributed by atoms with van der Waals surface area (Å²) in [7, 11) is 0. The standard InChI is InChI=1S/C18H12Cl2N4O/c19-13-5-1-11(2-6-13)15-9-17-18(25)22-21-16(10-24(17)23-15)12-3-7-14(20)8-4-12/h1-9H,10H2,(H,22,25). The van der Waals surface area contributed by atoms with Crippen molar-refractivity contribution in [3.63, 3.8) is 0 Å². The molecule has 1 aromatic heterocycles. The number of fused-ring (bicyclic) bond motifs is 1. The van der Waals surface area contributed by atoms with E-state index in [1.54, 1.807) is 35.0 Å². The first-order valence-corrected chi connectivity index (χ1v) is 8.32. The van der Waals surface area contributed by atoms with E-state index in [9.17, 15) is 4.79 Å². The summed E-state index contributed by atoms with van der Waals surface area (Å²) in [6, 6.07) is 16.4. The lowest BCUT2D eigenvalue weighted by Crippen LogP contribution is -2.18. The van der Waals surface area contributed by atoms with E-state index in [0.29, 0.717) is 33.7 Å². The van der Waals surface area contributed by atoms with Crippen LogP contribution in [0, 0.1) is 0 Å². The molecule has 0 aliphatic carbocycles. The van der Waals surface area contributed by atoms with Gasteiger partial charge in [0.2, 0.25) is 0 Å². The molecule has 7 heteroatoms. The molecule has 1 amide bonds. The normalized spacial score (nSPS) is 13.7. The number of nitrogens with zero attached hydrogens (tertiary/aromatic N) is 3. The molecule has 25 heavy (non-hydrogen) atoms. The van der Waals surface area contributed by atoms with Gasteiger partial charge in [-0.15, -0.1) is 0 Å². The average molecular weight is 371 g/mol. The maximum absolute atomic E-state index is 12.3. The predicted octanol–water partition coefficient (Wildman–Crippen LogP) is 4.00. The van der Waals surface area contributed by atoms with Crippen LogP contribution in [-0.4, -0.2) is 21.4 Å². The van der Waals surface area contributed by atoms with E-state index in [1.807, 2.05) is 24.3 Å². The Balaban J connectivity index is 1.71. The molecule has 1 aliphatic heterocycles. The van der Waals surface area contributed by atoms with Gasteiger partial charge in [0, 0.05) is 15.6 Å². The zero-order chi connectivity index (χ0) is 17.4. The van der Waals surface area contributed by atoms with Gasteiger partial charge in [-0.2, -0.15) is 10.2 Å². The van der Waals surface area contributed by atoms with E-state index in [4.69, 9.17) is 23.2 Å². The van der Waals surface area contributed by atoms with Gasteiger partial charge in [0.15, 0.2) is 0 Å². The molecule has 3 aromatic rings. The van der Waals surface area contributed by atoms with Crippen LogP contribution in [0.4, 0.5) is 0 Å². The van der Waals surface area contributed by atoms with Crippen LogP contribution in [-0.2, 0) is 6.54 Å². The van der Waals surface area contributed by atoms with Crippen molar-refractivity contribution in [2.24, 2.45) is 5.10 Å². The number of carbonyl (C=O) groups is 1. The summed E-state index contributed by atoms with van der Waals surface area (Å²) in [6.45, 7) is 0.378. The summed E-state index contributed by atoms with van der Waals surface area (Å²) in [5.74, 6) is -0.295. The molecular weight excluding hydrogens is 359 g/mol. The number of carbonyl (C=O) groups excluding carboxylic acids is 1. The Bertz CT molecular complexity index is 975. The highest BCUT2D eigenvalue weighted by Crippen LogP contribution is 2.22. The lowest BCUT2D eigenvalue weighted by molar-refractivity contribution is 0.0947. The Morgan fingerprint density at radius 2 is 1.52 bits per heavy atom. The van der Waals surface area contributed by atoms with Gasteiger partial charge < -0.3 is 0 Å². The minimum Gasteiger partial charge on any atom is -0.266 e. The Morgan fingerprint density at radius 3 is 2.16 bits per heavy atom. The molecule has 5 nitrogen and oxygen atoms in total. The van der Waals surface area contributed by atoms with Gasteiger partial charge >= 0.3 is 0 Å². The van der Waals surface area contributed by atoms with Crippen molar-refractivity contribution in [1.29, 1.82) is 0 Å². The van der Waals surface area contributed by atoms with Crippen LogP contribution in [0.2, 0.25) is 10.0 Å². The van der Waals surface area contributed by atoms with Crippen molar-refractivity contribution in [3.8, 4) is 11.3 Å². The fourth-order valence-corrected chi connectivity index (χ4v) is 2.88. The van der Waals surface area contributed by atoms with Crippen molar-refractivity contribution in [2.45, 2.75) is 6.54 Å². The molecule has 124 valence electrons. The summed E-state index contributed by atoms with van der Waals surface area (Å²) in [5.41, 5.74) is 6.21. The SMILES string of the molecule is O=C1NN=C(c2ccc(Cl)cc2)Cn2nc(-c3ccc(Cl)cc3)cc21. The number of hydrazone groups is 1. The molecule has 2 heterocycles. The van der Waals surface area contributed by atoms with E-state index >= 15 is 0 Å². The van der Waals surface area contributed by atoms with Crippen LogP contribution >= 0.6 is 23.2 Å². The zero-order valence-electron chi connectivity index (χ0n) is 12.9. The molecule has 0 atom stereocenters. The Morgan fingerprint density at radius 1 is 0.920 bits per heavy atom. The highest BCUT2D eigenvalue weighted by Gasteiger charge is 2.21. The summed E-state index contributed by atoms with van der Waals surface area (Å²) >= 11 is 11.9. The van der Waals surface area contributed by atoms with E-state index in [0.717, 1.165) is 11.1 Å². The molecule has 0 bridgehead atoms. The second-order valence-corrected chi connectivity index (χ2v) is 6.46. The third-order valence-electron chi connectivity index (χ3n) is 3.92. The lowest BCUT2D eigenvalue weighted by Gasteiger charge is -2.05. The number of nitrogens with one attached hydrogen (secondary N) is 1. The van der Waals surface area contributed by atoms with E-state index in [-0.39, 0.29) is 5.91 Å². The number of hydrogen-bond donors (Lipinski definition) is 1. The average Bonchev–Trinajstić information content (AvgIpc) is 2.97. The monoisotopic (exact) mass is 370 g/mol. The topological polar surface area (TPSA) is 59.3 Å². The van der Waals surface area contributed by atoms with Gasteiger partial charge in [-0.05, 0) is 35.9 Å². The molecular formula is C18H12Cl2N4O. The highest BCUT2D eigenvalue weighted by molar-refractivity contribution is 6.31. The van der Waals surface area contributed by atoms with Crippen molar-refractivity contribution in [1.82, 2.24) is 15.2 Å². The summed E-state index contributed by atoms with van der Waals surface area (Å²) < 4.78 is 1.65. The molecule has 0 saturated carbocycles. The van der Waals surface area contributed by atoms with Crippen LogP contribution < -0.4 is 5.43 Å². The molecule has 0 spiro atoms. The van der Waals surface area contributed by atoms with Crippen LogP contribution in [0.1, 0.15) is 16.1 Å². The van der Waals surface area contributed by atoms with Crippen LogP contribution in [0.5, 0.6) is 0 Å². The second-order valence-electron chi connectivity index (χ2n) is 5.59. The van der Waals surface area contributed by atoms with E-state index < -0.39 is 0 Å². The summed E-state index contributed by atoms with van der Waals surface area (Å²) in [5, 5.41) is 10.1. The molecule has 2 aromatic carbocycles. The first kappa shape index (κ1) is 15.9. The molecule has 0 radical (unpaired) electrons. The van der Waals surface area contributed by atoms with E-state index in [2.05, 4.69) is 15.6 Å². The van der Waals surface area contributed by atoms with Crippen molar-refractivity contribution in [3.05, 3.63) is 75.9 Å². The van der Waals surface area contributed by atoms with Crippen LogP contribution in [0.15, 0.2) is 59.7 Å². The van der Waals surface area contributed by atoms with Gasteiger partial charge in [0.05, 0.1) is 18.0 Å². The second kappa shape index (κ2) is 6.35. The third-order valence-corrected chi connectivity index (χ3v) is 4.43.